The molecular weight excluding hydrogens is 528 g/mol. The summed E-state index contributed by atoms with van der Waals surface area (Å²) in [5.41, 5.74) is 12.6. The van der Waals surface area contributed by atoms with Crippen molar-refractivity contribution in [2.24, 2.45) is 5.73 Å². The highest BCUT2D eigenvalue weighted by atomic mass is 16.5. The number of ether oxygens (including phenoxy) is 1. The molecule has 0 aliphatic heterocycles. The van der Waals surface area contributed by atoms with E-state index in [1.807, 2.05) is 97.1 Å². The molecule has 2 N–H and O–H groups in total. The SMILES string of the molecule is N/C(=C\C(=O)[C@H](Cc1ccc(OCc2ccccc2)cc1)N(Cc1ccccc1)Cc1ccccc1)Cc1ccccc1. The van der Waals surface area contributed by atoms with Crippen molar-refractivity contribution in [3.8, 4) is 5.75 Å². The molecule has 0 spiro atoms. The number of rotatable bonds is 14. The van der Waals surface area contributed by atoms with Crippen LogP contribution in [0.25, 0.3) is 0 Å². The van der Waals surface area contributed by atoms with Gasteiger partial charge in [-0.1, -0.05) is 133 Å². The van der Waals surface area contributed by atoms with Crippen LogP contribution >= 0.6 is 0 Å². The molecule has 0 aliphatic carbocycles. The second-order valence-electron chi connectivity index (χ2n) is 10.8. The van der Waals surface area contributed by atoms with Crippen LogP contribution in [0.4, 0.5) is 0 Å². The summed E-state index contributed by atoms with van der Waals surface area (Å²) in [6.45, 7) is 1.78. The van der Waals surface area contributed by atoms with Crippen molar-refractivity contribution in [3.05, 3.63) is 185 Å². The lowest BCUT2D eigenvalue weighted by molar-refractivity contribution is -0.120. The normalized spacial score (nSPS) is 12.2. The summed E-state index contributed by atoms with van der Waals surface area (Å²) >= 11 is 0. The maximum absolute atomic E-state index is 14.1. The van der Waals surface area contributed by atoms with Crippen molar-refractivity contribution >= 4 is 5.78 Å². The van der Waals surface area contributed by atoms with Crippen LogP contribution in [0.2, 0.25) is 0 Å². The monoisotopic (exact) mass is 566 g/mol. The van der Waals surface area contributed by atoms with Crippen molar-refractivity contribution < 1.29 is 9.53 Å². The predicted molar refractivity (Wildman–Crippen MR) is 174 cm³/mol. The van der Waals surface area contributed by atoms with E-state index in [1.165, 1.54) is 0 Å². The van der Waals surface area contributed by atoms with E-state index in [1.54, 1.807) is 6.08 Å². The number of nitrogens with zero attached hydrogens (tertiary/aromatic N) is 1. The molecule has 0 saturated heterocycles. The van der Waals surface area contributed by atoms with E-state index in [4.69, 9.17) is 10.5 Å². The van der Waals surface area contributed by atoms with E-state index in [0.717, 1.165) is 33.6 Å². The molecule has 5 rings (SSSR count). The number of ketones is 1. The molecule has 4 heteroatoms. The third kappa shape index (κ3) is 9.29. The molecule has 0 bridgehead atoms. The number of allylic oxidation sites excluding steroid dienone is 1. The first-order valence-corrected chi connectivity index (χ1v) is 14.7. The summed E-state index contributed by atoms with van der Waals surface area (Å²) in [5.74, 6) is 0.803. The zero-order valence-electron chi connectivity index (χ0n) is 24.4. The average Bonchev–Trinajstić information content (AvgIpc) is 3.05. The Kier molecular flexibility index (Phi) is 10.5. The van der Waals surface area contributed by atoms with Crippen molar-refractivity contribution in [3.63, 3.8) is 0 Å². The maximum atomic E-state index is 14.1. The van der Waals surface area contributed by atoms with Crippen LogP contribution in [0, 0.1) is 0 Å². The van der Waals surface area contributed by atoms with Gasteiger partial charge in [-0.2, -0.15) is 0 Å². The van der Waals surface area contributed by atoms with Gasteiger partial charge in [-0.15, -0.1) is 0 Å². The Bertz CT molecular complexity index is 1530. The topological polar surface area (TPSA) is 55.6 Å². The highest BCUT2D eigenvalue weighted by molar-refractivity contribution is 5.95. The number of carbonyl (C=O) groups excluding carboxylic acids is 1. The van der Waals surface area contributed by atoms with Gasteiger partial charge < -0.3 is 10.5 Å². The van der Waals surface area contributed by atoms with Gasteiger partial charge in [0.05, 0.1) is 6.04 Å². The Labute approximate surface area is 255 Å². The minimum absolute atomic E-state index is 0.00435. The van der Waals surface area contributed by atoms with Crippen LogP contribution in [0.1, 0.15) is 27.8 Å². The summed E-state index contributed by atoms with van der Waals surface area (Å²) in [7, 11) is 0. The minimum Gasteiger partial charge on any atom is -0.489 e. The fourth-order valence-corrected chi connectivity index (χ4v) is 5.17. The summed E-state index contributed by atoms with van der Waals surface area (Å²) in [6, 6.07) is 48.4. The van der Waals surface area contributed by atoms with Crippen LogP contribution in [-0.2, 0) is 37.3 Å². The predicted octanol–water partition coefficient (Wildman–Crippen LogP) is 7.53. The largest absolute Gasteiger partial charge is 0.489 e. The number of hydrogen-bond acceptors (Lipinski definition) is 4. The molecule has 0 fully saturated rings. The number of carbonyl (C=O) groups is 1. The van der Waals surface area contributed by atoms with Crippen LogP contribution in [-0.4, -0.2) is 16.7 Å². The summed E-state index contributed by atoms with van der Waals surface area (Å²) < 4.78 is 6.01. The van der Waals surface area contributed by atoms with E-state index >= 15 is 0 Å². The lowest BCUT2D eigenvalue weighted by Gasteiger charge is -2.31. The molecule has 0 aliphatic rings. The minimum atomic E-state index is -0.411. The summed E-state index contributed by atoms with van der Waals surface area (Å²) in [4.78, 5) is 16.3. The van der Waals surface area contributed by atoms with Crippen molar-refractivity contribution in [1.29, 1.82) is 0 Å². The van der Waals surface area contributed by atoms with Gasteiger partial charge in [0, 0.05) is 31.3 Å². The molecule has 5 aromatic rings. The van der Waals surface area contributed by atoms with Gasteiger partial charge in [0.2, 0.25) is 0 Å². The van der Waals surface area contributed by atoms with E-state index < -0.39 is 6.04 Å². The van der Waals surface area contributed by atoms with Gasteiger partial charge in [-0.3, -0.25) is 9.69 Å². The van der Waals surface area contributed by atoms with E-state index in [2.05, 4.69) is 53.4 Å². The van der Waals surface area contributed by atoms with E-state index in [-0.39, 0.29) is 5.78 Å². The first-order chi connectivity index (χ1) is 21.1. The molecule has 0 heterocycles. The molecule has 0 radical (unpaired) electrons. The van der Waals surface area contributed by atoms with E-state index in [0.29, 0.717) is 38.2 Å². The van der Waals surface area contributed by atoms with Crippen molar-refractivity contribution in [1.82, 2.24) is 4.90 Å². The Morgan fingerprint density at radius 1 is 0.605 bits per heavy atom. The highest BCUT2D eigenvalue weighted by Crippen LogP contribution is 2.21. The van der Waals surface area contributed by atoms with Crippen LogP contribution in [0.3, 0.4) is 0 Å². The molecule has 0 saturated carbocycles. The average molecular weight is 567 g/mol. The zero-order valence-corrected chi connectivity index (χ0v) is 24.4. The first-order valence-electron chi connectivity index (χ1n) is 14.7. The van der Waals surface area contributed by atoms with Crippen LogP contribution in [0.5, 0.6) is 5.75 Å². The van der Waals surface area contributed by atoms with Gasteiger partial charge in [0.15, 0.2) is 5.78 Å². The molecule has 43 heavy (non-hydrogen) atoms. The second kappa shape index (κ2) is 15.3. The zero-order chi connectivity index (χ0) is 29.7. The molecule has 0 amide bonds. The Morgan fingerprint density at radius 2 is 1.07 bits per heavy atom. The highest BCUT2D eigenvalue weighted by Gasteiger charge is 2.26. The molecule has 1 atom stereocenters. The van der Waals surface area contributed by atoms with Gasteiger partial charge in [0.25, 0.3) is 0 Å². The first kappa shape index (κ1) is 29.6. The van der Waals surface area contributed by atoms with E-state index in [9.17, 15) is 4.79 Å². The van der Waals surface area contributed by atoms with Gasteiger partial charge in [0.1, 0.15) is 12.4 Å². The Hall–Kier alpha value is -4.93. The fraction of sp³-hybridized carbons (Fsp3) is 0.154. The summed E-state index contributed by atoms with van der Waals surface area (Å²) in [5, 5.41) is 0. The molecule has 5 aromatic carbocycles. The van der Waals surface area contributed by atoms with Gasteiger partial charge in [-0.25, -0.2) is 0 Å². The van der Waals surface area contributed by atoms with Crippen LogP contribution in [0.15, 0.2) is 157 Å². The molecule has 216 valence electrons. The molecule has 0 unspecified atom stereocenters. The van der Waals surface area contributed by atoms with Crippen LogP contribution < -0.4 is 10.5 Å². The second-order valence-corrected chi connectivity index (χ2v) is 10.8. The molecular formula is C39H38N2O2. The van der Waals surface area contributed by atoms with Gasteiger partial charge >= 0.3 is 0 Å². The lowest BCUT2D eigenvalue weighted by atomic mass is 9.97. The van der Waals surface area contributed by atoms with Crippen molar-refractivity contribution in [2.45, 2.75) is 38.6 Å². The van der Waals surface area contributed by atoms with Crippen molar-refractivity contribution in [2.75, 3.05) is 0 Å². The lowest BCUT2D eigenvalue weighted by Crippen LogP contribution is -2.41. The van der Waals surface area contributed by atoms with Gasteiger partial charge in [-0.05, 0) is 46.4 Å². The number of benzene rings is 5. The number of nitrogens with two attached hydrogens (primary N) is 1. The Balaban J connectivity index is 1.40. The quantitative estimate of drug-likeness (QED) is 0.141. The Morgan fingerprint density at radius 3 is 1.58 bits per heavy atom. The smallest absolute Gasteiger partial charge is 0.174 e. The standard InChI is InChI=1S/C39H38N2O2/c40-36(25-31-13-5-1-6-14-31)27-39(42)38(26-32-21-23-37(24-22-32)43-30-35-19-11-4-12-20-35)41(28-33-15-7-2-8-16-33)29-34-17-9-3-10-18-34/h1-24,27,38H,25-26,28-30,40H2/b36-27-/t38-/m0/s1. The molecule has 4 nitrogen and oxygen atoms in total. The maximum Gasteiger partial charge on any atom is 0.174 e. The fourth-order valence-electron chi connectivity index (χ4n) is 5.17. The number of hydrogen-bond donors (Lipinski definition) is 1. The summed E-state index contributed by atoms with van der Waals surface area (Å²) in [6.07, 6.45) is 2.72. The third-order valence-corrected chi connectivity index (χ3v) is 7.41. The third-order valence-electron chi connectivity index (χ3n) is 7.41. The molecule has 0 aromatic heterocycles.